The van der Waals surface area contributed by atoms with Gasteiger partial charge in [0.2, 0.25) is 0 Å². The Morgan fingerprint density at radius 1 is 1.24 bits per heavy atom. The van der Waals surface area contributed by atoms with Crippen molar-refractivity contribution < 1.29 is 4.79 Å². The fourth-order valence-electron chi connectivity index (χ4n) is 2.75. The van der Waals surface area contributed by atoms with Crippen LogP contribution in [0, 0.1) is 0 Å². The van der Waals surface area contributed by atoms with Gasteiger partial charge in [0.1, 0.15) is 0 Å². The average Bonchev–Trinajstić information content (AvgIpc) is 3.21. The van der Waals surface area contributed by atoms with Crippen LogP contribution < -0.4 is 5.32 Å². The highest BCUT2D eigenvalue weighted by Gasteiger charge is 2.16. The molecule has 3 aromatic rings. The van der Waals surface area contributed by atoms with Gasteiger partial charge in [-0.3, -0.25) is 9.48 Å². The summed E-state index contributed by atoms with van der Waals surface area (Å²) < 4.78 is 2.68. The summed E-state index contributed by atoms with van der Waals surface area (Å²) in [6.45, 7) is 3.30. The van der Waals surface area contributed by atoms with Crippen molar-refractivity contribution in [1.82, 2.24) is 15.1 Å². The number of carbonyl (C=O) groups excluding carboxylic acids is 1. The lowest BCUT2D eigenvalue weighted by atomic mass is 10.1. The van der Waals surface area contributed by atoms with E-state index in [0.29, 0.717) is 18.7 Å². The number of hydrogen-bond acceptors (Lipinski definition) is 3. The van der Waals surface area contributed by atoms with Crippen LogP contribution in [-0.4, -0.2) is 22.2 Å². The fraction of sp³-hybridized carbons (Fsp3) is 0.263. The van der Waals surface area contributed by atoms with Gasteiger partial charge in [-0.1, -0.05) is 48.9 Å². The molecule has 1 amide bonds. The summed E-state index contributed by atoms with van der Waals surface area (Å²) in [6, 6.07) is 14.0. The third-order valence-corrected chi connectivity index (χ3v) is 5.28. The van der Waals surface area contributed by atoms with E-state index in [1.807, 2.05) is 41.9 Å². The SMILES string of the molecule is CCc1c(C(=O)NCCc2ccc(Cl)s2)cnn1Cc1ccccc1. The van der Waals surface area contributed by atoms with Crippen LogP contribution in [0.15, 0.2) is 48.7 Å². The second kappa shape index (κ2) is 8.32. The van der Waals surface area contributed by atoms with Crippen LogP contribution in [-0.2, 0) is 19.4 Å². The number of hydrogen-bond donors (Lipinski definition) is 1. The Hall–Kier alpha value is -2.11. The van der Waals surface area contributed by atoms with Crippen molar-refractivity contribution in [2.75, 3.05) is 6.54 Å². The van der Waals surface area contributed by atoms with E-state index in [2.05, 4.69) is 22.5 Å². The molecule has 0 atom stereocenters. The van der Waals surface area contributed by atoms with Crippen LogP contribution in [0.1, 0.15) is 33.4 Å². The minimum Gasteiger partial charge on any atom is -0.352 e. The topological polar surface area (TPSA) is 46.9 Å². The van der Waals surface area contributed by atoms with Crippen LogP contribution in [0.4, 0.5) is 0 Å². The number of nitrogens with zero attached hydrogens (tertiary/aromatic N) is 2. The molecule has 0 bridgehead atoms. The second-order valence-corrected chi connectivity index (χ2v) is 7.51. The molecule has 1 N–H and O–H groups in total. The Kier molecular flexibility index (Phi) is 5.89. The Bertz CT molecular complexity index is 841. The van der Waals surface area contributed by atoms with E-state index in [-0.39, 0.29) is 5.91 Å². The number of aromatic nitrogens is 2. The molecule has 0 spiro atoms. The molecule has 0 saturated carbocycles. The zero-order valence-corrected chi connectivity index (χ0v) is 15.6. The zero-order valence-electron chi connectivity index (χ0n) is 14.0. The van der Waals surface area contributed by atoms with Gasteiger partial charge >= 0.3 is 0 Å². The first-order valence-corrected chi connectivity index (χ1v) is 9.48. The van der Waals surface area contributed by atoms with E-state index in [1.54, 1.807) is 17.5 Å². The molecule has 0 aliphatic carbocycles. The highest BCUT2D eigenvalue weighted by atomic mass is 35.5. The molecule has 3 rings (SSSR count). The van der Waals surface area contributed by atoms with Gasteiger partial charge in [0.15, 0.2) is 0 Å². The second-order valence-electron chi connectivity index (χ2n) is 5.71. The maximum absolute atomic E-state index is 12.5. The van der Waals surface area contributed by atoms with Gasteiger partial charge < -0.3 is 5.32 Å². The third kappa shape index (κ3) is 4.50. The quantitative estimate of drug-likeness (QED) is 0.675. The number of carbonyl (C=O) groups is 1. The summed E-state index contributed by atoms with van der Waals surface area (Å²) in [5.41, 5.74) is 2.78. The fourth-order valence-corrected chi connectivity index (χ4v) is 3.83. The van der Waals surface area contributed by atoms with E-state index in [9.17, 15) is 4.79 Å². The van der Waals surface area contributed by atoms with E-state index >= 15 is 0 Å². The Labute approximate surface area is 156 Å². The first kappa shape index (κ1) is 17.7. The normalized spacial score (nSPS) is 10.8. The van der Waals surface area contributed by atoms with Crippen molar-refractivity contribution in [3.63, 3.8) is 0 Å². The summed E-state index contributed by atoms with van der Waals surface area (Å²) in [4.78, 5) is 13.7. The number of halogens is 1. The molecular formula is C19H20ClN3OS. The zero-order chi connectivity index (χ0) is 17.6. The Morgan fingerprint density at radius 3 is 2.72 bits per heavy atom. The van der Waals surface area contributed by atoms with Crippen molar-refractivity contribution in [3.05, 3.63) is 74.7 Å². The lowest BCUT2D eigenvalue weighted by molar-refractivity contribution is 0.0953. The molecule has 6 heteroatoms. The third-order valence-electron chi connectivity index (χ3n) is 3.99. The van der Waals surface area contributed by atoms with Gasteiger partial charge in [0.05, 0.1) is 28.3 Å². The summed E-state index contributed by atoms with van der Waals surface area (Å²) in [5.74, 6) is -0.0705. The van der Waals surface area contributed by atoms with Gasteiger partial charge in [-0.05, 0) is 30.5 Å². The number of rotatable bonds is 7. The molecule has 0 radical (unpaired) electrons. The van der Waals surface area contributed by atoms with Crippen molar-refractivity contribution in [3.8, 4) is 0 Å². The molecule has 0 aliphatic rings. The van der Waals surface area contributed by atoms with Gasteiger partial charge in [-0.2, -0.15) is 5.10 Å². The smallest absolute Gasteiger partial charge is 0.254 e. The van der Waals surface area contributed by atoms with E-state index in [0.717, 1.165) is 22.9 Å². The lowest BCUT2D eigenvalue weighted by Crippen LogP contribution is -2.26. The first-order valence-electron chi connectivity index (χ1n) is 8.28. The minimum absolute atomic E-state index is 0.0705. The summed E-state index contributed by atoms with van der Waals surface area (Å²) >= 11 is 7.47. The van der Waals surface area contributed by atoms with Crippen molar-refractivity contribution in [1.29, 1.82) is 0 Å². The van der Waals surface area contributed by atoms with Crippen LogP contribution in [0.25, 0.3) is 0 Å². The maximum Gasteiger partial charge on any atom is 0.254 e. The van der Waals surface area contributed by atoms with Gasteiger partial charge in [0.25, 0.3) is 5.91 Å². The summed E-state index contributed by atoms with van der Waals surface area (Å²) in [5, 5.41) is 7.39. The molecule has 25 heavy (non-hydrogen) atoms. The molecule has 2 heterocycles. The molecule has 4 nitrogen and oxygen atoms in total. The number of nitrogens with one attached hydrogen (secondary N) is 1. The first-order chi connectivity index (χ1) is 12.2. The predicted molar refractivity (Wildman–Crippen MR) is 103 cm³/mol. The Balaban J connectivity index is 1.64. The lowest BCUT2D eigenvalue weighted by Gasteiger charge is -2.08. The Morgan fingerprint density at radius 2 is 2.04 bits per heavy atom. The molecule has 0 unspecified atom stereocenters. The average molecular weight is 374 g/mol. The van der Waals surface area contributed by atoms with Crippen molar-refractivity contribution in [2.24, 2.45) is 0 Å². The van der Waals surface area contributed by atoms with Crippen LogP contribution in [0.2, 0.25) is 4.34 Å². The highest BCUT2D eigenvalue weighted by molar-refractivity contribution is 7.16. The predicted octanol–water partition coefficient (Wildman–Crippen LogP) is 4.18. The number of amides is 1. The molecule has 2 aromatic heterocycles. The maximum atomic E-state index is 12.5. The van der Waals surface area contributed by atoms with Crippen LogP contribution in [0.5, 0.6) is 0 Å². The van der Waals surface area contributed by atoms with Crippen LogP contribution >= 0.6 is 22.9 Å². The monoisotopic (exact) mass is 373 g/mol. The molecule has 0 fully saturated rings. The van der Waals surface area contributed by atoms with E-state index in [1.165, 1.54) is 10.4 Å². The molecule has 0 aliphatic heterocycles. The minimum atomic E-state index is -0.0705. The molecule has 130 valence electrons. The van der Waals surface area contributed by atoms with Crippen molar-refractivity contribution in [2.45, 2.75) is 26.3 Å². The van der Waals surface area contributed by atoms with Crippen LogP contribution in [0.3, 0.4) is 0 Å². The summed E-state index contributed by atoms with van der Waals surface area (Å²) in [6.07, 6.45) is 3.21. The van der Waals surface area contributed by atoms with Gasteiger partial charge in [0, 0.05) is 11.4 Å². The van der Waals surface area contributed by atoms with E-state index in [4.69, 9.17) is 11.6 Å². The number of thiophene rings is 1. The van der Waals surface area contributed by atoms with Crippen molar-refractivity contribution >= 4 is 28.8 Å². The van der Waals surface area contributed by atoms with Gasteiger partial charge in [-0.25, -0.2) is 0 Å². The van der Waals surface area contributed by atoms with Gasteiger partial charge in [-0.15, -0.1) is 11.3 Å². The molecule has 1 aromatic carbocycles. The standard InChI is InChI=1S/C19H20ClN3OS/c1-2-17-16(12-22-23(17)13-14-6-4-3-5-7-14)19(24)21-11-10-15-8-9-18(20)25-15/h3-9,12H,2,10-11,13H2,1H3,(H,21,24). The highest BCUT2D eigenvalue weighted by Crippen LogP contribution is 2.21. The molecular weight excluding hydrogens is 354 g/mol. The molecule has 0 saturated heterocycles. The largest absolute Gasteiger partial charge is 0.352 e. The number of benzene rings is 1. The summed E-state index contributed by atoms with van der Waals surface area (Å²) in [7, 11) is 0. The van der Waals surface area contributed by atoms with E-state index < -0.39 is 0 Å².